The van der Waals surface area contributed by atoms with Crippen molar-refractivity contribution in [3.8, 4) is 0 Å². The molecule has 1 N–H and O–H groups in total. The number of nitrogens with zero attached hydrogens (tertiary/aromatic N) is 2. The van der Waals surface area contributed by atoms with Crippen molar-refractivity contribution in [3.63, 3.8) is 0 Å². The van der Waals surface area contributed by atoms with E-state index >= 15 is 0 Å². The van der Waals surface area contributed by atoms with Gasteiger partial charge in [0.25, 0.3) is 0 Å². The van der Waals surface area contributed by atoms with Gasteiger partial charge in [0.15, 0.2) is 6.10 Å². The number of esters is 1. The lowest BCUT2D eigenvalue weighted by Crippen LogP contribution is -2.36. The van der Waals surface area contributed by atoms with Crippen LogP contribution in [-0.2, 0) is 9.53 Å². The molecule has 1 unspecified atom stereocenters. The van der Waals surface area contributed by atoms with Gasteiger partial charge in [0.05, 0.1) is 12.8 Å². The lowest BCUT2D eigenvalue weighted by Gasteiger charge is -2.24. The lowest BCUT2D eigenvalue weighted by molar-refractivity contribution is -0.150. The molecule has 0 saturated carbocycles. The molecule has 1 aromatic carbocycles. The average molecular weight is 292 g/mol. The second kappa shape index (κ2) is 6.13. The second-order valence-corrected chi connectivity index (χ2v) is 5.21. The molecular formula is C15H20N2O4. The summed E-state index contributed by atoms with van der Waals surface area (Å²) in [5.41, 5.74) is 0.923. The van der Waals surface area contributed by atoms with Crippen LogP contribution in [0.4, 0.5) is 10.5 Å². The summed E-state index contributed by atoms with van der Waals surface area (Å²) in [6.45, 7) is 5.06. The molecule has 1 aromatic rings. The molecule has 1 aliphatic heterocycles. The van der Waals surface area contributed by atoms with E-state index in [1.54, 1.807) is 34.1 Å². The van der Waals surface area contributed by atoms with Crippen molar-refractivity contribution < 1.29 is 19.4 Å². The van der Waals surface area contributed by atoms with Crippen LogP contribution in [0.25, 0.3) is 0 Å². The summed E-state index contributed by atoms with van der Waals surface area (Å²) in [5, 5.41) is 10.1. The third kappa shape index (κ3) is 2.85. The number of aliphatic hydroxyl groups excluding tert-OH is 1. The van der Waals surface area contributed by atoms with Crippen molar-refractivity contribution in [1.82, 2.24) is 4.90 Å². The highest BCUT2D eigenvalue weighted by atomic mass is 16.5. The number of urea groups is 1. The van der Waals surface area contributed by atoms with E-state index in [1.807, 2.05) is 13.8 Å². The van der Waals surface area contributed by atoms with Crippen molar-refractivity contribution in [2.24, 2.45) is 0 Å². The summed E-state index contributed by atoms with van der Waals surface area (Å²) in [7, 11) is 1.22. The molecule has 2 amide bonds. The Balaban J connectivity index is 2.33. The van der Waals surface area contributed by atoms with Crippen LogP contribution in [0.1, 0.15) is 25.5 Å². The number of carbonyl (C=O) groups excluding carboxylic acids is 2. The zero-order valence-electron chi connectivity index (χ0n) is 12.4. The summed E-state index contributed by atoms with van der Waals surface area (Å²) < 4.78 is 4.57. The summed E-state index contributed by atoms with van der Waals surface area (Å²) in [6, 6.07) is 6.83. The fraction of sp³-hybridized carbons (Fsp3) is 0.467. The Labute approximate surface area is 123 Å². The fourth-order valence-corrected chi connectivity index (χ4v) is 2.46. The van der Waals surface area contributed by atoms with E-state index in [0.29, 0.717) is 24.3 Å². The normalized spacial score (nSPS) is 16.5. The largest absolute Gasteiger partial charge is 0.467 e. The van der Waals surface area contributed by atoms with Crippen LogP contribution in [0, 0.1) is 0 Å². The van der Waals surface area contributed by atoms with Gasteiger partial charge >= 0.3 is 12.0 Å². The van der Waals surface area contributed by atoms with E-state index in [1.165, 1.54) is 7.11 Å². The van der Waals surface area contributed by atoms with Gasteiger partial charge in [0.2, 0.25) is 0 Å². The smallest absolute Gasteiger partial charge is 0.339 e. The third-order valence-corrected chi connectivity index (χ3v) is 3.61. The van der Waals surface area contributed by atoms with Gasteiger partial charge < -0.3 is 14.7 Å². The van der Waals surface area contributed by atoms with E-state index < -0.39 is 12.1 Å². The molecule has 0 aliphatic carbocycles. The van der Waals surface area contributed by atoms with Crippen LogP contribution >= 0.6 is 0 Å². The molecule has 0 bridgehead atoms. The topological polar surface area (TPSA) is 70.1 Å². The van der Waals surface area contributed by atoms with Crippen molar-refractivity contribution in [2.75, 3.05) is 25.1 Å². The number of hydrogen-bond donors (Lipinski definition) is 1. The van der Waals surface area contributed by atoms with Gasteiger partial charge in [0, 0.05) is 24.7 Å². The minimum absolute atomic E-state index is 0.111. The number of para-hydroxylation sites is 1. The number of carbonyl (C=O) groups is 2. The predicted octanol–water partition coefficient (Wildman–Crippen LogP) is 1.54. The zero-order chi connectivity index (χ0) is 15.6. The Morgan fingerprint density at radius 3 is 2.52 bits per heavy atom. The molecule has 21 heavy (non-hydrogen) atoms. The van der Waals surface area contributed by atoms with Crippen LogP contribution in [0.3, 0.4) is 0 Å². The maximum Gasteiger partial charge on any atom is 0.339 e. The molecule has 6 nitrogen and oxygen atoms in total. The highest BCUT2D eigenvalue weighted by Crippen LogP contribution is 2.30. The van der Waals surface area contributed by atoms with Crippen molar-refractivity contribution in [1.29, 1.82) is 0 Å². The summed E-state index contributed by atoms with van der Waals surface area (Å²) in [4.78, 5) is 27.3. The van der Waals surface area contributed by atoms with Gasteiger partial charge in [-0.2, -0.15) is 0 Å². The maximum absolute atomic E-state index is 12.4. The SMILES string of the molecule is COC(=O)C(O)c1ccccc1N1CCN(C(C)C)C1=O. The Kier molecular flexibility index (Phi) is 4.47. The standard InChI is InChI=1S/C15H20N2O4/c1-10(2)16-8-9-17(15(16)20)12-7-5-4-6-11(12)13(18)14(19)21-3/h4-7,10,13,18H,8-9H2,1-3H3. The summed E-state index contributed by atoms with van der Waals surface area (Å²) in [5.74, 6) is -0.741. The molecular weight excluding hydrogens is 272 g/mol. The first-order valence-corrected chi connectivity index (χ1v) is 6.90. The van der Waals surface area contributed by atoms with Crippen LogP contribution in [0.2, 0.25) is 0 Å². The van der Waals surface area contributed by atoms with Crippen molar-refractivity contribution >= 4 is 17.7 Å². The van der Waals surface area contributed by atoms with Gasteiger partial charge in [-0.3, -0.25) is 4.90 Å². The second-order valence-electron chi connectivity index (χ2n) is 5.21. The first kappa shape index (κ1) is 15.3. The van der Waals surface area contributed by atoms with E-state index in [4.69, 9.17) is 0 Å². The van der Waals surface area contributed by atoms with Crippen LogP contribution < -0.4 is 4.90 Å². The maximum atomic E-state index is 12.4. The van der Waals surface area contributed by atoms with Gasteiger partial charge in [-0.1, -0.05) is 18.2 Å². The number of hydrogen-bond acceptors (Lipinski definition) is 4. The number of benzene rings is 1. The molecule has 114 valence electrons. The molecule has 0 aromatic heterocycles. The Morgan fingerprint density at radius 1 is 1.29 bits per heavy atom. The summed E-state index contributed by atoms with van der Waals surface area (Å²) >= 11 is 0. The van der Waals surface area contributed by atoms with E-state index in [2.05, 4.69) is 4.74 Å². The number of aliphatic hydroxyl groups is 1. The van der Waals surface area contributed by atoms with Crippen LogP contribution in [0.5, 0.6) is 0 Å². The average Bonchev–Trinajstić information content (AvgIpc) is 2.87. The number of amides is 2. The molecule has 1 fully saturated rings. The molecule has 0 spiro atoms. The third-order valence-electron chi connectivity index (χ3n) is 3.61. The number of methoxy groups -OCH3 is 1. The monoisotopic (exact) mass is 292 g/mol. The lowest BCUT2D eigenvalue weighted by atomic mass is 10.1. The minimum Gasteiger partial charge on any atom is -0.467 e. The number of ether oxygens (including phenoxy) is 1. The van der Waals surface area contributed by atoms with Gasteiger partial charge in [-0.05, 0) is 19.9 Å². The Bertz CT molecular complexity index is 544. The van der Waals surface area contributed by atoms with E-state index in [9.17, 15) is 14.7 Å². The van der Waals surface area contributed by atoms with Gasteiger partial charge in [-0.25, -0.2) is 9.59 Å². The predicted molar refractivity (Wildman–Crippen MR) is 78.0 cm³/mol. The van der Waals surface area contributed by atoms with Crippen molar-refractivity contribution in [3.05, 3.63) is 29.8 Å². The van der Waals surface area contributed by atoms with Crippen LogP contribution in [0.15, 0.2) is 24.3 Å². The first-order chi connectivity index (χ1) is 9.97. The molecule has 1 saturated heterocycles. The van der Waals surface area contributed by atoms with Crippen LogP contribution in [-0.4, -0.2) is 48.2 Å². The molecule has 6 heteroatoms. The number of anilines is 1. The minimum atomic E-state index is -1.40. The van der Waals surface area contributed by atoms with Crippen molar-refractivity contribution in [2.45, 2.75) is 26.0 Å². The van der Waals surface area contributed by atoms with Gasteiger partial charge in [0.1, 0.15) is 0 Å². The zero-order valence-corrected chi connectivity index (χ0v) is 12.4. The van der Waals surface area contributed by atoms with E-state index in [0.717, 1.165) is 0 Å². The Morgan fingerprint density at radius 2 is 1.95 bits per heavy atom. The first-order valence-electron chi connectivity index (χ1n) is 6.90. The molecule has 0 radical (unpaired) electrons. The highest BCUT2D eigenvalue weighted by Gasteiger charge is 2.34. The van der Waals surface area contributed by atoms with Gasteiger partial charge in [-0.15, -0.1) is 0 Å². The summed E-state index contributed by atoms with van der Waals surface area (Å²) in [6.07, 6.45) is -1.40. The number of rotatable bonds is 4. The molecule has 2 rings (SSSR count). The Hall–Kier alpha value is -2.08. The highest BCUT2D eigenvalue weighted by molar-refractivity contribution is 5.96. The quantitative estimate of drug-likeness (QED) is 0.855. The fourth-order valence-electron chi connectivity index (χ4n) is 2.46. The molecule has 1 heterocycles. The molecule has 1 atom stereocenters. The van der Waals surface area contributed by atoms with E-state index in [-0.39, 0.29) is 12.1 Å². The molecule has 1 aliphatic rings.